The molecule has 1 N–H and O–H groups in total. The Morgan fingerprint density at radius 2 is 1.87 bits per heavy atom. The van der Waals surface area contributed by atoms with Crippen LogP contribution in [0.3, 0.4) is 0 Å². The number of benzene rings is 1. The number of piperidine rings is 1. The second-order valence-corrected chi connectivity index (χ2v) is 7.25. The lowest BCUT2D eigenvalue weighted by atomic mass is 10.1. The quantitative estimate of drug-likeness (QED) is 0.830. The second kappa shape index (κ2) is 9.83. The van der Waals surface area contributed by atoms with Crippen molar-refractivity contribution in [3.05, 3.63) is 30.3 Å². The highest BCUT2D eigenvalue weighted by atomic mass is 32.2. The number of carbonyl (C=O) groups excluding carboxylic acids is 1. The summed E-state index contributed by atoms with van der Waals surface area (Å²) in [6.07, 6.45) is 2.14. The van der Waals surface area contributed by atoms with E-state index in [1.807, 2.05) is 16.7 Å². The Kier molecular flexibility index (Phi) is 7.76. The van der Waals surface area contributed by atoms with Gasteiger partial charge in [-0.2, -0.15) is 0 Å². The third-order valence-corrected chi connectivity index (χ3v) is 5.72. The van der Waals surface area contributed by atoms with Gasteiger partial charge in [-0.25, -0.2) is 4.79 Å². The molecule has 4 nitrogen and oxygen atoms in total. The molecule has 1 aliphatic heterocycles. The molecule has 0 aliphatic carbocycles. The van der Waals surface area contributed by atoms with Crippen molar-refractivity contribution >= 4 is 17.8 Å². The van der Waals surface area contributed by atoms with Gasteiger partial charge in [0, 0.05) is 36.3 Å². The fraction of sp³-hybridized carbons (Fsp3) is 0.611. The molecule has 1 saturated heterocycles. The molecule has 5 heteroatoms. The third kappa shape index (κ3) is 6.07. The summed E-state index contributed by atoms with van der Waals surface area (Å²) in [5.74, 6) is 0. The van der Waals surface area contributed by atoms with E-state index >= 15 is 0 Å². The molecule has 2 amide bonds. The number of rotatable bonds is 7. The van der Waals surface area contributed by atoms with Crippen molar-refractivity contribution < 1.29 is 4.79 Å². The zero-order chi connectivity index (χ0) is 16.5. The summed E-state index contributed by atoms with van der Waals surface area (Å²) in [5.41, 5.74) is 0. The van der Waals surface area contributed by atoms with Gasteiger partial charge in [0.25, 0.3) is 0 Å². The summed E-state index contributed by atoms with van der Waals surface area (Å²) in [6.45, 7) is 9.77. The van der Waals surface area contributed by atoms with Crippen molar-refractivity contribution in [2.24, 2.45) is 0 Å². The third-order valence-electron chi connectivity index (χ3n) is 4.37. The van der Waals surface area contributed by atoms with Gasteiger partial charge in [-0.1, -0.05) is 32.0 Å². The van der Waals surface area contributed by atoms with Crippen molar-refractivity contribution in [3.63, 3.8) is 0 Å². The van der Waals surface area contributed by atoms with Crippen LogP contribution in [0.25, 0.3) is 0 Å². The number of amides is 2. The van der Waals surface area contributed by atoms with Crippen LogP contribution in [0.2, 0.25) is 0 Å². The molecule has 0 unspecified atom stereocenters. The Balaban J connectivity index is 1.66. The molecule has 1 aliphatic rings. The number of nitrogens with one attached hydrogen (secondary N) is 1. The standard InChI is InChI=1S/C18H29N3OS/c1-3-20(4-2)15-12-19-18(22)21-13-10-17(11-14-21)23-16-8-6-5-7-9-16/h5-9,17H,3-4,10-15H2,1-2H3,(H,19,22). The highest BCUT2D eigenvalue weighted by Gasteiger charge is 2.23. The van der Waals surface area contributed by atoms with Crippen molar-refractivity contribution in [2.45, 2.75) is 36.8 Å². The van der Waals surface area contributed by atoms with Gasteiger partial charge in [0.1, 0.15) is 0 Å². The largest absolute Gasteiger partial charge is 0.337 e. The van der Waals surface area contributed by atoms with E-state index in [-0.39, 0.29) is 6.03 Å². The molecule has 1 aromatic carbocycles. The maximum atomic E-state index is 12.2. The summed E-state index contributed by atoms with van der Waals surface area (Å²) >= 11 is 1.94. The first-order valence-electron chi connectivity index (χ1n) is 8.69. The van der Waals surface area contributed by atoms with Crippen molar-refractivity contribution in [1.82, 2.24) is 15.1 Å². The van der Waals surface area contributed by atoms with E-state index in [1.54, 1.807) is 0 Å². The number of carbonyl (C=O) groups is 1. The van der Waals surface area contributed by atoms with Crippen LogP contribution < -0.4 is 5.32 Å². The molecule has 0 bridgehead atoms. The normalized spacial score (nSPS) is 15.9. The number of nitrogens with zero attached hydrogens (tertiary/aromatic N) is 2. The zero-order valence-corrected chi connectivity index (χ0v) is 15.1. The average Bonchev–Trinajstić information content (AvgIpc) is 2.60. The van der Waals surface area contributed by atoms with Gasteiger partial charge >= 0.3 is 6.03 Å². The van der Waals surface area contributed by atoms with Gasteiger partial charge in [0.2, 0.25) is 0 Å². The van der Waals surface area contributed by atoms with Crippen molar-refractivity contribution in [3.8, 4) is 0 Å². The van der Waals surface area contributed by atoms with E-state index < -0.39 is 0 Å². The minimum Gasteiger partial charge on any atom is -0.337 e. The van der Waals surface area contributed by atoms with E-state index in [4.69, 9.17) is 0 Å². The number of likely N-dealkylation sites (N-methyl/N-ethyl adjacent to an activating group) is 1. The summed E-state index contributed by atoms with van der Waals surface area (Å²) in [5, 5.41) is 3.68. The van der Waals surface area contributed by atoms with Gasteiger partial charge in [0.05, 0.1) is 0 Å². The molecule has 2 rings (SSSR count). The highest BCUT2D eigenvalue weighted by molar-refractivity contribution is 8.00. The lowest BCUT2D eigenvalue weighted by Gasteiger charge is -2.32. The molecule has 0 radical (unpaired) electrons. The molecule has 23 heavy (non-hydrogen) atoms. The fourth-order valence-electron chi connectivity index (χ4n) is 2.84. The van der Waals surface area contributed by atoms with Crippen LogP contribution in [0, 0.1) is 0 Å². The van der Waals surface area contributed by atoms with E-state index in [0.29, 0.717) is 5.25 Å². The fourth-order valence-corrected chi connectivity index (χ4v) is 3.99. The number of hydrogen-bond acceptors (Lipinski definition) is 3. The molecular formula is C18H29N3OS. The predicted octanol–water partition coefficient (Wildman–Crippen LogP) is 3.29. The van der Waals surface area contributed by atoms with E-state index in [1.165, 1.54) is 4.90 Å². The van der Waals surface area contributed by atoms with E-state index in [9.17, 15) is 4.79 Å². The van der Waals surface area contributed by atoms with Gasteiger partial charge in [-0.05, 0) is 38.1 Å². The first kappa shape index (κ1) is 18.1. The average molecular weight is 336 g/mol. The lowest BCUT2D eigenvalue weighted by Crippen LogP contribution is -2.46. The van der Waals surface area contributed by atoms with Crippen LogP contribution in [0.5, 0.6) is 0 Å². The van der Waals surface area contributed by atoms with Gasteiger partial charge in [0.15, 0.2) is 0 Å². The first-order chi connectivity index (χ1) is 11.2. The summed E-state index contributed by atoms with van der Waals surface area (Å²) < 4.78 is 0. The summed E-state index contributed by atoms with van der Waals surface area (Å²) in [4.78, 5) is 17.8. The Morgan fingerprint density at radius 3 is 2.48 bits per heavy atom. The van der Waals surface area contributed by atoms with Crippen LogP contribution in [0.4, 0.5) is 4.79 Å². The molecule has 0 aromatic heterocycles. The Hall–Kier alpha value is -1.20. The Labute approximate surface area is 144 Å². The van der Waals surface area contributed by atoms with Crippen LogP contribution in [0.1, 0.15) is 26.7 Å². The molecule has 1 aromatic rings. The minimum absolute atomic E-state index is 0.0975. The highest BCUT2D eigenvalue weighted by Crippen LogP contribution is 2.29. The predicted molar refractivity (Wildman–Crippen MR) is 98.1 cm³/mol. The molecule has 1 fully saturated rings. The van der Waals surface area contributed by atoms with E-state index in [2.05, 4.69) is 54.4 Å². The molecule has 0 atom stereocenters. The maximum absolute atomic E-state index is 12.2. The second-order valence-electron chi connectivity index (χ2n) is 5.88. The molecule has 1 heterocycles. The monoisotopic (exact) mass is 335 g/mol. The maximum Gasteiger partial charge on any atom is 0.317 e. The first-order valence-corrected chi connectivity index (χ1v) is 9.57. The van der Waals surface area contributed by atoms with Gasteiger partial charge in [-0.15, -0.1) is 11.8 Å². The van der Waals surface area contributed by atoms with Crippen molar-refractivity contribution in [1.29, 1.82) is 0 Å². The SMILES string of the molecule is CCN(CC)CCNC(=O)N1CCC(Sc2ccccc2)CC1. The van der Waals surface area contributed by atoms with Crippen LogP contribution in [0.15, 0.2) is 35.2 Å². The van der Waals surface area contributed by atoms with Crippen LogP contribution >= 0.6 is 11.8 Å². The minimum atomic E-state index is 0.0975. The smallest absolute Gasteiger partial charge is 0.317 e. The molecule has 0 spiro atoms. The van der Waals surface area contributed by atoms with Gasteiger partial charge < -0.3 is 15.1 Å². The van der Waals surface area contributed by atoms with Crippen LogP contribution in [-0.2, 0) is 0 Å². The summed E-state index contributed by atoms with van der Waals surface area (Å²) in [6, 6.07) is 10.6. The van der Waals surface area contributed by atoms with Crippen molar-refractivity contribution in [2.75, 3.05) is 39.3 Å². The molecule has 128 valence electrons. The van der Waals surface area contributed by atoms with E-state index in [0.717, 1.165) is 52.1 Å². The molecule has 0 saturated carbocycles. The topological polar surface area (TPSA) is 35.6 Å². The van der Waals surface area contributed by atoms with Crippen LogP contribution in [-0.4, -0.2) is 60.3 Å². The van der Waals surface area contributed by atoms with Gasteiger partial charge in [-0.3, -0.25) is 0 Å². The number of likely N-dealkylation sites (tertiary alicyclic amines) is 1. The number of hydrogen-bond donors (Lipinski definition) is 1. The molecular weight excluding hydrogens is 306 g/mol. The summed E-state index contributed by atoms with van der Waals surface area (Å²) in [7, 11) is 0. The Morgan fingerprint density at radius 1 is 1.22 bits per heavy atom. The number of urea groups is 1. The lowest BCUT2D eigenvalue weighted by molar-refractivity contribution is 0.185. The number of thioether (sulfide) groups is 1. The zero-order valence-electron chi connectivity index (χ0n) is 14.3. The Bertz CT molecular complexity index is 457.